The average molecular weight is 572 g/mol. The molecule has 13 nitrogen and oxygen atoms in total. The summed E-state index contributed by atoms with van der Waals surface area (Å²) in [5.74, 6) is -3.04. The maximum Gasteiger partial charge on any atom is 0.408 e. The van der Waals surface area contributed by atoms with Crippen LogP contribution in [0.2, 0.25) is 0 Å². The summed E-state index contributed by atoms with van der Waals surface area (Å²) in [5.41, 5.74) is 11.4. The molecule has 0 aromatic heterocycles. The number of primary amides is 2. The van der Waals surface area contributed by atoms with Crippen LogP contribution in [0.15, 0.2) is 54.6 Å². The van der Waals surface area contributed by atoms with Gasteiger partial charge in [-0.2, -0.15) is 0 Å². The van der Waals surface area contributed by atoms with Crippen LogP contribution in [-0.4, -0.2) is 65.2 Å². The number of nitrogens with two attached hydrogens (primary N) is 2. The van der Waals surface area contributed by atoms with E-state index >= 15 is 0 Å². The fourth-order valence-electron chi connectivity index (χ4n) is 3.52. The summed E-state index contributed by atoms with van der Waals surface area (Å²) in [6.07, 6.45) is -1.56. The van der Waals surface area contributed by atoms with Crippen LogP contribution in [0.3, 0.4) is 0 Å². The van der Waals surface area contributed by atoms with E-state index < -0.39 is 66.5 Å². The van der Waals surface area contributed by atoms with Gasteiger partial charge in [0, 0.05) is 6.42 Å². The summed E-state index contributed by atoms with van der Waals surface area (Å²) in [4.78, 5) is 61.2. The van der Waals surface area contributed by atoms with Gasteiger partial charge in [0.05, 0.1) is 13.0 Å². The monoisotopic (exact) mass is 571 g/mol. The predicted octanol–water partition coefficient (Wildman–Crippen LogP) is 0.0240. The third-order valence-electron chi connectivity index (χ3n) is 5.50. The molecule has 0 bridgehead atoms. The average Bonchev–Trinajstić information content (AvgIpc) is 2.89. The minimum Gasteiger partial charge on any atom is -0.489 e. The summed E-state index contributed by atoms with van der Waals surface area (Å²) in [7, 11) is 0. The molecule has 13 heteroatoms. The van der Waals surface area contributed by atoms with Crippen molar-refractivity contribution in [3.8, 4) is 5.75 Å². The fourth-order valence-corrected chi connectivity index (χ4v) is 3.52. The van der Waals surface area contributed by atoms with Crippen molar-refractivity contribution in [1.29, 1.82) is 0 Å². The maximum atomic E-state index is 12.8. The molecule has 2 rings (SSSR count). The highest BCUT2D eigenvalue weighted by molar-refractivity contribution is 5.95. The second-order valence-electron chi connectivity index (χ2n) is 10.2. The van der Waals surface area contributed by atoms with E-state index in [1.165, 1.54) is 0 Å². The van der Waals surface area contributed by atoms with Crippen molar-refractivity contribution in [2.24, 2.45) is 11.5 Å². The molecule has 0 unspecified atom stereocenters. The number of carbonyl (C=O) groups is 5. The number of hydrogen-bond acceptors (Lipinski definition) is 8. The summed E-state index contributed by atoms with van der Waals surface area (Å²) in [6.45, 7) is 4.33. The van der Waals surface area contributed by atoms with Crippen molar-refractivity contribution in [2.45, 2.75) is 63.9 Å². The Hall–Kier alpha value is -4.65. The maximum absolute atomic E-state index is 12.8. The Morgan fingerprint density at radius 3 is 1.93 bits per heavy atom. The molecule has 2 aromatic carbocycles. The standard InChI is InChI=1S/C28H37N5O8/c1-28(2,3)41-27(39)33-21(14-23(29)35)25(37)32-22(15-34)26(38)31-20(24(30)36)13-17-9-11-19(12-10-17)40-16-18-7-5-4-6-8-18/h4-12,20-22,34H,13-16H2,1-3H3,(H2,29,35)(H2,30,36)(H,31,38)(H,32,37)(H,33,39)/t20-,21+,22-/m0/s1. The van der Waals surface area contributed by atoms with Crippen molar-refractivity contribution in [3.63, 3.8) is 0 Å². The van der Waals surface area contributed by atoms with E-state index in [-0.39, 0.29) is 6.42 Å². The predicted molar refractivity (Wildman–Crippen MR) is 148 cm³/mol. The Morgan fingerprint density at radius 1 is 0.805 bits per heavy atom. The van der Waals surface area contributed by atoms with Gasteiger partial charge in [-0.1, -0.05) is 42.5 Å². The molecule has 0 saturated carbocycles. The van der Waals surface area contributed by atoms with Crippen LogP contribution in [0.1, 0.15) is 38.3 Å². The van der Waals surface area contributed by atoms with Crippen LogP contribution in [-0.2, 0) is 36.9 Å². The van der Waals surface area contributed by atoms with Crippen molar-refractivity contribution in [1.82, 2.24) is 16.0 Å². The first kappa shape index (κ1) is 32.6. The van der Waals surface area contributed by atoms with Crippen molar-refractivity contribution >= 4 is 29.7 Å². The second-order valence-corrected chi connectivity index (χ2v) is 10.2. The van der Waals surface area contributed by atoms with Gasteiger partial charge in [0.1, 0.15) is 36.1 Å². The SMILES string of the molecule is CC(C)(C)OC(=O)N[C@H](CC(N)=O)C(=O)N[C@@H](CO)C(=O)N[C@@H](Cc1ccc(OCc2ccccc2)cc1)C(N)=O. The first-order valence-corrected chi connectivity index (χ1v) is 12.8. The summed E-state index contributed by atoms with van der Waals surface area (Å²) in [5, 5.41) is 16.6. The summed E-state index contributed by atoms with van der Waals surface area (Å²) >= 11 is 0. The molecule has 0 aliphatic heterocycles. The van der Waals surface area contributed by atoms with Crippen LogP contribution in [0, 0.1) is 0 Å². The Balaban J connectivity index is 2.00. The van der Waals surface area contributed by atoms with E-state index in [1.807, 2.05) is 30.3 Å². The van der Waals surface area contributed by atoms with Crippen LogP contribution >= 0.6 is 0 Å². The lowest BCUT2D eigenvalue weighted by molar-refractivity contribution is -0.133. The third-order valence-corrected chi connectivity index (χ3v) is 5.50. The molecule has 0 aliphatic rings. The van der Waals surface area contributed by atoms with E-state index in [4.69, 9.17) is 20.9 Å². The molecule has 0 radical (unpaired) electrons. The van der Waals surface area contributed by atoms with Crippen LogP contribution < -0.4 is 32.2 Å². The van der Waals surface area contributed by atoms with E-state index in [0.29, 0.717) is 17.9 Å². The van der Waals surface area contributed by atoms with Gasteiger partial charge in [-0.15, -0.1) is 0 Å². The van der Waals surface area contributed by atoms with Crippen LogP contribution in [0.25, 0.3) is 0 Å². The largest absolute Gasteiger partial charge is 0.489 e. The van der Waals surface area contributed by atoms with Gasteiger partial charge in [-0.25, -0.2) is 4.79 Å². The zero-order valence-electron chi connectivity index (χ0n) is 23.2. The molecule has 3 atom stereocenters. The van der Waals surface area contributed by atoms with Crippen molar-refractivity contribution < 1.29 is 38.6 Å². The molecule has 2 aromatic rings. The topological polar surface area (TPSA) is 212 Å². The number of aliphatic hydroxyl groups excluding tert-OH is 1. The molecule has 222 valence electrons. The number of hydrogen-bond donors (Lipinski definition) is 6. The molecule has 0 fully saturated rings. The fraction of sp³-hybridized carbons (Fsp3) is 0.393. The molecule has 0 aliphatic carbocycles. The lowest BCUT2D eigenvalue weighted by Crippen LogP contribution is -2.58. The zero-order chi connectivity index (χ0) is 30.6. The normalized spacial score (nSPS) is 13.2. The number of ether oxygens (including phenoxy) is 2. The van der Waals surface area contributed by atoms with E-state index in [0.717, 1.165) is 5.56 Å². The second kappa shape index (κ2) is 15.2. The van der Waals surface area contributed by atoms with Gasteiger partial charge in [0.2, 0.25) is 23.6 Å². The number of alkyl carbamates (subject to hydrolysis) is 1. The van der Waals surface area contributed by atoms with Gasteiger partial charge in [0.15, 0.2) is 0 Å². The molecular weight excluding hydrogens is 534 g/mol. The molecule has 0 heterocycles. The highest BCUT2D eigenvalue weighted by Crippen LogP contribution is 2.15. The van der Waals surface area contributed by atoms with E-state index in [1.54, 1.807) is 45.0 Å². The van der Waals surface area contributed by atoms with Gasteiger partial charge in [-0.05, 0) is 44.0 Å². The Labute approximate surface area is 237 Å². The van der Waals surface area contributed by atoms with Gasteiger partial charge in [0.25, 0.3) is 0 Å². The lowest BCUT2D eigenvalue weighted by atomic mass is 10.0. The number of amides is 5. The highest BCUT2D eigenvalue weighted by Gasteiger charge is 2.30. The van der Waals surface area contributed by atoms with Crippen molar-refractivity contribution in [2.75, 3.05) is 6.61 Å². The minimum absolute atomic E-state index is 0.0244. The zero-order valence-corrected chi connectivity index (χ0v) is 23.2. The first-order chi connectivity index (χ1) is 19.3. The summed E-state index contributed by atoms with van der Waals surface area (Å²) < 4.78 is 10.8. The Morgan fingerprint density at radius 2 is 1.39 bits per heavy atom. The number of rotatable bonds is 14. The summed E-state index contributed by atoms with van der Waals surface area (Å²) in [6, 6.07) is 12.3. The molecular formula is C28H37N5O8. The first-order valence-electron chi connectivity index (χ1n) is 12.8. The molecule has 41 heavy (non-hydrogen) atoms. The molecule has 5 amide bonds. The molecule has 0 saturated heterocycles. The minimum atomic E-state index is -1.53. The van der Waals surface area contributed by atoms with Crippen LogP contribution in [0.4, 0.5) is 4.79 Å². The van der Waals surface area contributed by atoms with Crippen LogP contribution in [0.5, 0.6) is 5.75 Å². The third kappa shape index (κ3) is 12.0. The van der Waals surface area contributed by atoms with Crippen molar-refractivity contribution in [3.05, 3.63) is 65.7 Å². The van der Waals surface area contributed by atoms with Gasteiger partial charge >= 0.3 is 6.09 Å². The molecule has 8 N–H and O–H groups in total. The lowest BCUT2D eigenvalue weighted by Gasteiger charge is -2.25. The van der Waals surface area contributed by atoms with Gasteiger partial charge in [-0.3, -0.25) is 19.2 Å². The number of benzene rings is 2. The number of nitrogens with one attached hydrogen (secondary N) is 3. The van der Waals surface area contributed by atoms with E-state index in [9.17, 15) is 29.1 Å². The number of carbonyl (C=O) groups excluding carboxylic acids is 5. The smallest absolute Gasteiger partial charge is 0.408 e. The van der Waals surface area contributed by atoms with Gasteiger partial charge < -0.3 is 42.0 Å². The highest BCUT2D eigenvalue weighted by atomic mass is 16.6. The quantitative estimate of drug-likeness (QED) is 0.181. The Bertz CT molecular complexity index is 1200. The molecule has 0 spiro atoms. The Kier molecular flexibility index (Phi) is 12.1. The van der Waals surface area contributed by atoms with E-state index in [2.05, 4.69) is 16.0 Å². The number of aliphatic hydroxyl groups is 1.